The van der Waals surface area contributed by atoms with E-state index < -0.39 is 0 Å². The van der Waals surface area contributed by atoms with E-state index in [1.807, 2.05) is 32.0 Å². The largest absolute Gasteiger partial charge is 0.326 e. The lowest BCUT2D eigenvalue weighted by molar-refractivity contribution is -0.117. The van der Waals surface area contributed by atoms with Crippen LogP contribution in [-0.2, 0) is 9.59 Å². The van der Waals surface area contributed by atoms with Gasteiger partial charge in [0.05, 0.1) is 0 Å². The molecule has 1 aliphatic rings. The highest BCUT2D eigenvalue weighted by Crippen LogP contribution is 2.31. The Labute approximate surface area is 113 Å². The van der Waals surface area contributed by atoms with Crippen molar-refractivity contribution in [2.24, 2.45) is 5.92 Å². The van der Waals surface area contributed by atoms with Crippen molar-refractivity contribution in [1.29, 1.82) is 0 Å². The lowest BCUT2D eigenvalue weighted by Crippen LogP contribution is -2.15. The number of rotatable bonds is 5. The number of hydrogen-bond donors (Lipinski definition) is 2. The van der Waals surface area contributed by atoms with Gasteiger partial charge in [0.2, 0.25) is 11.8 Å². The van der Waals surface area contributed by atoms with Crippen molar-refractivity contribution in [2.75, 3.05) is 10.6 Å². The highest BCUT2D eigenvalue weighted by Gasteiger charge is 2.29. The summed E-state index contributed by atoms with van der Waals surface area (Å²) in [5, 5.41) is 5.77. The van der Waals surface area contributed by atoms with Gasteiger partial charge >= 0.3 is 0 Å². The Hall–Kier alpha value is -1.84. The smallest absolute Gasteiger partial charge is 0.227 e. The molecule has 1 aromatic rings. The standard InChI is InChI=1S/C15H20N2O2/c1-3-4-14(18)16-12-8-5-10(2)13(9-12)17-15(19)11-6-7-11/h5,8-9,11H,3-4,6-7H2,1-2H3,(H,16,18)(H,17,19). The lowest BCUT2D eigenvalue weighted by Gasteiger charge is -2.11. The van der Waals surface area contributed by atoms with Crippen molar-refractivity contribution in [3.63, 3.8) is 0 Å². The molecule has 0 atom stereocenters. The summed E-state index contributed by atoms with van der Waals surface area (Å²) in [4.78, 5) is 23.3. The van der Waals surface area contributed by atoms with Gasteiger partial charge in [0.1, 0.15) is 0 Å². The van der Waals surface area contributed by atoms with E-state index in [1.54, 1.807) is 0 Å². The normalized spacial score (nSPS) is 14.0. The van der Waals surface area contributed by atoms with Crippen LogP contribution in [0.25, 0.3) is 0 Å². The summed E-state index contributed by atoms with van der Waals surface area (Å²) >= 11 is 0. The molecule has 0 unspecified atom stereocenters. The van der Waals surface area contributed by atoms with E-state index in [0.717, 1.165) is 36.2 Å². The zero-order valence-corrected chi connectivity index (χ0v) is 11.5. The van der Waals surface area contributed by atoms with Gasteiger partial charge < -0.3 is 10.6 Å². The van der Waals surface area contributed by atoms with Gasteiger partial charge in [-0.2, -0.15) is 0 Å². The number of carbonyl (C=O) groups is 2. The van der Waals surface area contributed by atoms with E-state index in [-0.39, 0.29) is 17.7 Å². The Morgan fingerprint density at radius 2 is 2.00 bits per heavy atom. The van der Waals surface area contributed by atoms with Crippen LogP contribution in [0, 0.1) is 12.8 Å². The first-order valence-corrected chi connectivity index (χ1v) is 6.81. The van der Waals surface area contributed by atoms with Gasteiger partial charge in [-0.1, -0.05) is 13.0 Å². The van der Waals surface area contributed by atoms with Crippen molar-refractivity contribution in [3.05, 3.63) is 23.8 Å². The predicted molar refractivity (Wildman–Crippen MR) is 76.1 cm³/mol. The summed E-state index contributed by atoms with van der Waals surface area (Å²) in [5.74, 6) is 0.267. The number of nitrogens with one attached hydrogen (secondary N) is 2. The minimum atomic E-state index is 0.00539. The van der Waals surface area contributed by atoms with Crippen molar-refractivity contribution < 1.29 is 9.59 Å². The van der Waals surface area contributed by atoms with Crippen molar-refractivity contribution in [3.8, 4) is 0 Å². The van der Waals surface area contributed by atoms with Gasteiger partial charge in [-0.05, 0) is 43.9 Å². The molecular weight excluding hydrogens is 240 g/mol. The molecule has 0 aromatic heterocycles. The Bertz CT molecular complexity index is 493. The Kier molecular flexibility index (Phi) is 4.20. The maximum atomic E-state index is 11.8. The molecule has 0 radical (unpaired) electrons. The molecule has 0 heterocycles. The van der Waals surface area contributed by atoms with Gasteiger partial charge in [-0.25, -0.2) is 0 Å². The number of hydrogen-bond acceptors (Lipinski definition) is 2. The van der Waals surface area contributed by atoms with Crippen molar-refractivity contribution in [2.45, 2.75) is 39.5 Å². The molecule has 1 aromatic carbocycles. The molecule has 2 rings (SSSR count). The molecule has 4 nitrogen and oxygen atoms in total. The fourth-order valence-corrected chi connectivity index (χ4v) is 1.87. The second kappa shape index (κ2) is 5.87. The van der Waals surface area contributed by atoms with Crippen molar-refractivity contribution in [1.82, 2.24) is 0 Å². The van der Waals surface area contributed by atoms with Crippen LogP contribution in [0.5, 0.6) is 0 Å². The molecule has 2 N–H and O–H groups in total. The molecule has 0 bridgehead atoms. The van der Waals surface area contributed by atoms with E-state index in [2.05, 4.69) is 10.6 Å². The summed E-state index contributed by atoms with van der Waals surface area (Å²) in [6.07, 6.45) is 3.30. The molecule has 102 valence electrons. The summed E-state index contributed by atoms with van der Waals surface area (Å²) in [5.41, 5.74) is 2.52. The maximum absolute atomic E-state index is 11.8. The average Bonchev–Trinajstić information content (AvgIpc) is 3.17. The topological polar surface area (TPSA) is 58.2 Å². The number of anilines is 2. The first kappa shape index (κ1) is 13.6. The molecular formula is C15H20N2O2. The van der Waals surface area contributed by atoms with Crippen LogP contribution in [0.15, 0.2) is 18.2 Å². The zero-order valence-electron chi connectivity index (χ0n) is 11.5. The zero-order chi connectivity index (χ0) is 13.8. The molecule has 4 heteroatoms. The van der Waals surface area contributed by atoms with Crippen LogP contribution < -0.4 is 10.6 Å². The third-order valence-electron chi connectivity index (χ3n) is 3.20. The molecule has 1 saturated carbocycles. The summed E-state index contributed by atoms with van der Waals surface area (Å²) < 4.78 is 0. The monoisotopic (exact) mass is 260 g/mol. The number of carbonyl (C=O) groups excluding carboxylic acids is 2. The maximum Gasteiger partial charge on any atom is 0.227 e. The minimum absolute atomic E-state index is 0.00539. The molecule has 1 aliphatic carbocycles. The number of amides is 2. The average molecular weight is 260 g/mol. The highest BCUT2D eigenvalue weighted by atomic mass is 16.2. The van der Waals surface area contributed by atoms with Crippen LogP contribution in [0.2, 0.25) is 0 Å². The van der Waals surface area contributed by atoms with Gasteiger partial charge in [-0.3, -0.25) is 9.59 Å². The molecule has 19 heavy (non-hydrogen) atoms. The van der Waals surface area contributed by atoms with Gasteiger partial charge in [-0.15, -0.1) is 0 Å². The Balaban J connectivity index is 2.05. The summed E-state index contributed by atoms with van der Waals surface area (Å²) in [6, 6.07) is 5.59. The van der Waals surface area contributed by atoms with Gasteiger partial charge in [0.25, 0.3) is 0 Å². The predicted octanol–water partition coefficient (Wildman–Crippen LogP) is 3.08. The molecule has 0 spiro atoms. The van der Waals surface area contributed by atoms with E-state index in [0.29, 0.717) is 6.42 Å². The first-order chi connectivity index (χ1) is 9.10. The van der Waals surface area contributed by atoms with Crippen LogP contribution >= 0.6 is 0 Å². The minimum Gasteiger partial charge on any atom is -0.326 e. The van der Waals surface area contributed by atoms with Gasteiger partial charge in [0.15, 0.2) is 0 Å². The van der Waals surface area contributed by atoms with Gasteiger partial charge in [0, 0.05) is 23.7 Å². The molecule has 2 amide bonds. The Morgan fingerprint density at radius 1 is 1.26 bits per heavy atom. The SMILES string of the molecule is CCCC(=O)Nc1ccc(C)c(NC(=O)C2CC2)c1. The van der Waals surface area contributed by atoms with E-state index >= 15 is 0 Å². The van der Waals surface area contributed by atoms with Crippen LogP contribution in [0.3, 0.4) is 0 Å². The summed E-state index contributed by atoms with van der Waals surface area (Å²) in [7, 11) is 0. The van der Waals surface area contributed by atoms with Crippen LogP contribution in [0.1, 0.15) is 38.2 Å². The van der Waals surface area contributed by atoms with Crippen LogP contribution in [-0.4, -0.2) is 11.8 Å². The van der Waals surface area contributed by atoms with E-state index in [4.69, 9.17) is 0 Å². The number of benzene rings is 1. The fraction of sp³-hybridized carbons (Fsp3) is 0.467. The van der Waals surface area contributed by atoms with Crippen LogP contribution in [0.4, 0.5) is 11.4 Å². The molecule has 0 aliphatic heterocycles. The van der Waals surface area contributed by atoms with E-state index in [9.17, 15) is 9.59 Å². The quantitative estimate of drug-likeness (QED) is 0.854. The lowest BCUT2D eigenvalue weighted by atomic mass is 10.1. The molecule has 0 saturated heterocycles. The fourth-order valence-electron chi connectivity index (χ4n) is 1.87. The Morgan fingerprint density at radius 3 is 2.63 bits per heavy atom. The molecule has 1 fully saturated rings. The second-order valence-corrected chi connectivity index (χ2v) is 5.09. The summed E-state index contributed by atoms with van der Waals surface area (Å²) in [6.45, 7) is 3.91. The second-order valence-electron chi connectivity index (χ2n) is 5.09. The van der Waals surface area contributed by atoms with Crippen molar-refractivity contribution >= 4 is 23.2 Å². The first-order valence-electron chi connectivity index (χ1n) is 6.81. The number of aryl methyl sites for hydroxylation is 1. The van der Waals surface area contributed by atoms with E-state index in [1.165, 1.54) is 0 Å². The third kappa shape index (κ3) is 3.81. The highest BCUT2D eigenvalue weighted by molar-refractivity contribution is 5.96. The third-order valence-corrected chi connectivity index (χ3v) is 3.20.